The minimum atomic E-state index is 0.455. The summed E-state index contributed by atoms with van der Waals surface area (Å²) in [5, 5.41) is 12.6. The van der Waals surface area contributed by atoms with Crippen LogP contribution in [0.3, 0.4) is 0 Å². The van der Waals surface area contributed by atoms with Gasteiger partial charge in [-0.2, -0.15) is 5.26 Å². The maximum atomic E-state index is 8.67. The molecule has 0 unspecified atom stereocenters. The van der Waals surface area contributed by atoms with E-state index in [1.807, 2.05) is 17.0 Å². The molecule has 0 amide bonds. The van der Waals surface area contributed by atoms with Gasteiger partial charge in [0.15, 0.2) is 5.11 Å². The van der Waals surface area contributed by atoms with Gasteiger partial charge in [0.05, 0.1) is 25.3 Å². The van der Waals surface area contributed by atoms with E-state index in [9.17, 15) is 0 Å². The monoisotopic (exact) mass is 265 g/mol. The first-order valence-electron chi connectivity index (χ1n) is 6.20. The van der Waals surface area contributed by atoms with E-state index in [-0.39, 0.29) is 0 Å². The molecule has 18 heavy (non-hydrogen) atoms. The highest BCUT2D eigenvalue weighted by atomic mass is 32.1. The van der Waals surface area contributed by atoms with Crippen molar-refractivity contribution in [2.45, 2.75) is 32.7 Å². The van der Waals surface area contributed by atoms with E-state index in [1.54, 1.807) is 6.26 Å². The van der Waals surface area contributed by atoms with Crippen LogP contribution in [0.1, 0.15) is 31.9 Å². The molecule has 0 aromatic carbocycles. The van der Waals surface area contributed by atoms with Crippen molar-refractivity contribution in [2.24, 2.45) is 0 Å². The number of hydrogen-bond acceptors (Lipinski definition) is 3. The fourth-order valence-electron chi connectivity index (χ4n) is 1.51. The summed E-state index contributed by atoms with van der Waals surface area (Å²) in [4.78, 5) is 1.97. The molecule has 0 bridgehead atoms. The van der Waals surface area contributed by atoms with Gasteiger partial charge >= 0.3 is 0 Å². The van der Waals surface area contributed by atoms with Gasteiger partial charge < -0.3 is 14.6 Å². The number of nitrogens with zero attached hydrogens (tertiary/aromatic N) is 2. The van der Waals surface area contributed by atoms with Crippen molar-refractivity contribution in [1.29, 1.82) is 5.26 Å². The van der Waals surface area contributed by atoms with Crippen molar-refractivity contribution in [2.75, 3.05) is 13.1 Å². The average Bonchev–Trinajstić information content (AvgIpc) is 2.87. The average molecular weight is 265 g/mol. The van der Waals surface area contributed by atoms with Gasteiger partial charge in [-0.05, 0) is 30.8 Å². The first-order chi connectivity index (χ1) is 8.77. The number of thiocarbonyl (C=S) groups is 1. The Morgan fingerprint density at radius 3 is 3.06 bits per heavy atom. The summed E-state index contributed by atoms with van der Waals surface area (Å²) in [5.41, 5.74) is 0. The molecule has 0 atom stereocenters. The van der Waals surface area contributed by atoms with Crippen molar-refractivity contribution >= 4 is 17.3 Å². The second kappa shape index (κ2) is 8.54. The molecule has 1 aromatic heterocycles. The Morgan fingerprint density at radius 1 is 1.61 bits per heavy atom. The van der Waals surface area contributed by atoms with Crippen molar-refractivity contribution in [3.63, 3.8) is 0 Å². The van der Waals surface area contributed by atoms with Gasteiger partial charge in [0.2, 0.25) is 0 Å². The normalized spacial score (nSPS) is 9.78. The zero-order valence-electron chi connectivity index (χ0n) is 10.7. The Hall–Kier alpha value is -1.54. The Morgan fingerprint density at radius 2 is 2.44 bits per heavy atom. The minimum Gasteiger partial charge on any atom is -0.467 e. The van der Waals surface area contributed by atoms with E-state index < -0.39 is 0 Å². The first kappa shape index (κ1) is 14.5. The van der Waals surface area contributed by atoms with Gasteiger partial charge in [0.1, 0.15) is 5.76 Å². The van der Waals surface area contributed by atoms with E-state index in [0.29, 0.717) is 24.6 Å². The molecular weight excluding hydrogens is 246 g/mol. The van der Waals surface area contributed by atoms with Crippen LogP contribution in [0.2, 0.25) is 0 Å². The van der Waals surface area contributed by atoms with Gasteiger partial charge in [-0.3, -0.25) is 0 Å². The van der Waals surface area contributed by atoms with Crippen molar-refractivity contribution in [3.05, 3.63) is 24.2 Å². The SMILES string of the molecule is CCCCNC(=S)N(CCC#N)Cc1ccco1. The smallest absolute Gasteiger partial charge is 0.169 e. The molecule has 1 N–H and O–H groups in total. The van der Waals surface area contributed by atoms with E-state index >= 15 is 0 Å². The lowest BCUT2D eigenvalue weighted by molar-refractivity contribution is 0.362. The second-order valence-electron chi connectivity index (χ2n) is 3.99. The molecule has 1 heterocycles. The van der Waals surface area contributed by atoms with Gasteiger partial charge in [-0.15, -0.1) is 0 Å². The molecule has 0 aliphatic rings. The Balaban J connectivity index is 2.48. The number of unbranched alkanes of at least 4 members (excludes halogenated alkanes) is 1. The fraction of sp³-hybridized carbons (Fsp3) is 0.538. The van der Waals surface area contributed by atoms with E-state index in [4.69, 9.17) is 21.9 Å². The van der Waals surface area contributed by atoms with Crippen LogP contribution < -0.4 is 5.32 Å². The Labute approximate surface area is 114 Å². The third-order valence-electron chi connectivity index (χ3n) is 2.51. The molecule has 5 heteroatoms. The summed E-state index contributed by atoms with van der Waals surface area (Å²) in [7, 11) is 0. The van der Waals surface area contributed by atoms with Gasteiger partial charge in [-0.1, -0.05) is 13.3 Å². The number of hydrogen-bond donors (Lipinski definition) is 1. The lowest BCUT2D eigenvalue weighted by Gasteiger charge is -2.24. The molecule has 1 rings (SSSR count). The van der Waals surface area contributed by atoms with Crippen LogP contribution in [0.25, 0.3) is 0 Å². The quantitative estimate of drug-likeness (QED) is 0.607. The van der Waals surface area contributed by atoms with E-state index in [0.717, 1.165) is 25.1 Å². The highest BCUT2D eigenvalue weighted by molar-refractivity contribution is 7.80. The molecule has 1 aromatic rings. The summed E-state index contributed by atoms with van der Waals surface area (Å²) in [5.74, 6) is 0.854. The lowest BCUT2D eigenvalue weighted by atomic mass is 10.3. The van der Waals surface area contributed by atoms with E-state index in [1.165, 1.54) is 0 Å². The molecule has 0 saturated carbocycles. The standard InChI is InChI=1S/C13H19N3OS/c1-2-3-8-15-13(18)16(9-5-7-14)11-12-6-4-10-17-12/h4,6,10H,2-3,5,8-9,11H2,1H3,(H,15,18). The highest BCUT2D eigenvalue weighted by Crippen LogP contribution is 2.06. The summed E-state index contributed by atoms with van der Waals surface area (Å²) in [6.07, 6.45) is 4.32. The van der Waals surface area contributed by atoms with Crippen LogP contribution in [0, 0.1) is 11.3 Å². The zero-order chi connectivity index (χ0) is 13.2. The van der Waals surface area contributed by atoms with Gasteiger partial charge in [0.25, 0.3) is 0 Å². The molecule has 0 spiro atoms. The number of nitriles is 1. The maximum Gasteiger partial charge on any atom is 0.169 e. The largest absolute Gasteiger partial charge is 0.467 e. The van der Waals surface area contributed by atoms with Crippen LogP contribution >= 0.6 is 12.2 Å². The first-order valence-corrected chi connectivity index (χ1v) is 6.60. The zero-order valence-corrected chi connectivity index (χ0v) is 11.5. The highest BCUT2D eigenvalue weighted by Gasteiger charge is 2.10. The van der Waals surface area contributed by atoms with Crippen molar-refractivity contribution in [1.82, 2.24) is 10.2 Å². The Bertz CT molecular complexity index is 383. The van der Waals surface area contributed by atoms with Crippen LogP contribution in [0.15, 0.2) is 22.8 Å². The fourth-order valence-corrected chi connectivity index (χ4v) is 1.77. The molecular formula is C13H19N3OS. The molecule has 0 aliphatic heterocycles. The number of nitrogens with one attached hydrogen (secondary N) is 1. The predicted octanol–water partition coefficient (Wildman–Crippen LogP) is 2.67. The van der Waals surface area contributed by atoms with Gasteiger partial charge in [0, 0.05) is 13.1 Å². The summed E-state index contributed by atoms with van der Waals surface area (Å²) in [6, 6.07) is 5.90. The van der Waals surface area contributed by atoms with Crippen molar-refractivity contribution < 1.29 is 4.42 Å². The molecule has 98 valence electrons. The summed E-state index contributed by atoms with van der Waals surface area (Å²) < 4.78 is 5.31. The molecule has 0 aliphatic carbocycles. The number of rotatable bonds is 7. The maximum absolute atomic E-state index is 8.67. The molecule has 0 saturated heterocycles. The molecule has 0 fully saturated rings. The topological polar surface area (TPSA) is 52.2 Å². The Kier molecular flexibility index (Phi) is 6.89. The van der Waals surface area contributed by atoms with Gasteiger partial charge in [-0.25, -0.2) is 0 Å². The lowest BCUT2D eigenvalue weighted by Crippen LogP contribution is -2.40. The van der Waals surface area contributed by atoms with E-state index in [2.05, 4.69) is 18.3 Å². The summed E-state index contributed by atoms with van der Waals surface area (Å²) >= 11 is 5.34. The second-order valence-corrected chi connectivity index (χ2v) is 4.38. The number of furan rings is 1. The predicted molar refractivity (Wildman–Crippen MR) is 74.9 cm³/mol. The molecule has 0 radical (unpaired) electrons. The third-order valence-corrected chi connectivity index (χ3v) is 2.92. The third kappa shape index (κ3) is 5.19. The van der Waals surface area contributed by atoms with Crippen molar-refractivity contribution in [3.8, 4) is 6.07 Å². The van der Waals surface area contributed by atoms with Crippen LogP contribution in [0.4, 0.5) is 0 Å². The van der Waals surface area contributed by atoms with Crippen LogP contribution in [0.5, 0.6) is 0 Å². The molecule has 4 nitrogen and oxygen atoms in total. The van der Waals surface area contributed by atoms with Crippen LogP contribution in [-0.4, -0.2) is 23.1 Å². The van der Waals surface area contributed by atoms with Crippen LogP contribution in [-0.2, 0) is 6.54 Å². The summed E-state index contributed by atoms with van der Waals surface area (Å²) in [6.45, 7) is 4.24. The minimum absolute atomic E-state index is 0.455.